The molecule has 1 aromatic carbocycles. The maximum Gasteiger partial charge on any atom is 0.225 e. The molecule has 1 amide bonds. The number of carbonyl (C=O) groups excluding carboxylic acids is 1. The van der Waals surface area contributed by atoms with Crippen molar-refractivity contribution in [2.75, 3.05) is 0 Å². The van der Waals surface area contributed by atoms with Gasteiger partial charge in [-0.15, -0.1) is 0 Å². The van der Waals surface area contributed by atoms with Crippen LogP contribution in [0.5, 0.6) is 0 Å². The lowest BCUT2D eigenvalue weighted by atomic mass is 10.0. The van der Waals surface area contributed by atoms with Crippen LogP contribution < -0.4 is 0 Å². The summed E-state index contributed by atoms with van der Waals surface area (Å²) < 4.78 is 0. The Morgan fingerprint density at radius 3 is 2.43 bits per heavy atom. The minimum atomic E-state index is 0.00263. The first-order valence-corrected chi connectivity index (χ1v) is 10.1. The Hall–Kier alpha value is -2.82. The van der Waals surface area contributed by atoms with E-state index in [1.807, 2.05) is 32.2 Å². The summed E-state index contributed by atoms with van der Waals surface area (Å²) in [4.78, 5) is 28.2. The number of pyridine rings is 1. The lowest BCUT2D eigenvalue weighted by Gasteiger charge is -2.30. The van der Waals surface area contributed by atoms with E-state index in [4.69, 9.17) is 0 Å². The molecular formula is C23H26N4O. The highest BCUT2D eigenvalue weighted by Gasteiger charge is 2.28. The van der Waals surface area contributed by atoms with Crippen molar-refractivity contribution < 1.29 is 4.79 Å². The molecule has 4 rings (SSSR count). The number of carbonyl (C=O) groups is 1. The van der Waals surface area contributed by atoms with Crippen LogP contribution in [0.25, 0.3) is 22.2 Å². The van der Waals surface area contributed by atoms with Crippen LogP contribution in [0.15, 0.2) is 48.9 Å². The van der Waals surface area contributed by atoms with Gasteiger partial charge < -0.3 is 4.90 Å². The molecule has 0 spiro atoms. The Labute approximate surface area is 165 Å². The van der Waals surface area contributed by atoms with E-state index in [1.165, 1.54) is 12.8 Å². The molecule has 3 aromatic rings. The van der Waals surface area contributed by atoms with Crippen molar-refractivity contribution >= 4 is 16.9 Å². The largest absolute Gasteiger partial charge is 0.334 e. The van der Waals surface area contributed by atoms with E-state index >= 15 is 0 Å². The van der Waals surface area contributed by atoms with E-state index in [0.29, 0.717) is 12.6 Å². The second kappa shape index (κ2) is 8.05. The van der Waals surface area contributed by atoms with Crippen molar-refractivity contribution in [1.29, 1.82) is 0 Å². The van der Waals surface area contributed by atoms with Gasteiger partial charge in [0.15, 0.2) is 0 Å². The minimum absolute atomic E-state index is 0.00263. The first-order valence-electron chi connectivity index (χ1n) is 10.1. The van der Waals surface area contributed by atoms with E-state index in [2.05, 4.69) is 38.1 Å². The number of hydrogen-bond donors (Lipinski definition) is 0. The molecule has 144 valence electrons. The molecule has 0 N–H and O–H groups in total. The SMILES string of the molecule is CC(C)C(=O)N(Cc1cc(-c2ccc3nccnc3c2)ccn1)C1CCCC1. The summed E-state index contributed by atoms with van der Waals surface area (Å²) in [6.07, 6.45) is 9.86. The van der Waals surface area contributed by atoms with Gasteiger partial charge >= 0.3 is 0 Å². The second-order valence-corrected chi connectivity index (χ2v) is 7.85. The van der Waals surface area contributed by atoms with E-state index in [0.717, 1.165) is 40.7 Å². The first-order chi connectivity index (χ1) is 13.6. The molecule has 0 atom stereocenters. The van der Waals surface area contributed by atoms with E-state index in [9.17, 15) is 4.79 Å². The zero-order valence-electron chi connectivity index (χ0n) is 16.5. The monoisotopic (exact) mass is 374 g/mol. The Kier molecular flexibility index (Phi) is 5.33. The summed E-state index contributed by atoms with van der Waals surface area (Å²) in [6, 6.07) is 10.5. The van der Waals surface area contributed by atoms with E-state index < -0.39 is 0 Å². The van der Waals surface area contributed by atoms with Crippen molar-refractivity contribution in [2.45, 2.75) is 52.1 Å². The zero-order chi connectivity index (χ0) is 19.5. The molecule has 2 heterocycles. The van der Waals surface area contributed by atoms with Crippen molar-refractivity contribution in [3.8, 4) is 11.1 Å². The van der Waals surface area contributed by atoms with Crippen molar-refractivity contribution in [1.82, 2.24) is 19.9 Å². The third-order valence-electron chi connectivity index (χ3n) is 5.49. The van der Waals surface area contributed by atoms with Gasteiger partial charge in [0, 0.05) is 30.6 Å². The fraction of sp³-hybridized carbons (Fsp3) is 0.391. The number of fused-ring (bicyclic) bond motifs is 1. The van der Waals surface area contributed by atoms with Gasteiger partial charge in [-0.25, -0.2) is 0 Å². The molecule has 0 saturated heterocycles. The summed E-state index contributed by atoms with van der Waals surface area (Å²) in [6.45, 7) is 4.53. The molecule has 0 radical (unpaired) electrons. The van der Waals surface area contributed by atoms with Crippen LogP contribution in [-0.4, -0.2) is 31.8 Å². The van der Waals surface area contributed by atoms with Gasteiger partial charge in [-0.05, 0) is 48.2 Å². The molecule has 5 nitrogen and oxygen atoms in total. The van der Waals surface area contributed by atoms with Crippen LogP contribution in [0.1, 0.15) is 45.2 Å². The first kappa shape index (κ1) is 18.5. The summed E-state index contributed by atoms with van der Waals surface area (Å²) >= 11 is 0. The molecule has 5 heteroatoms. The van der Waals surface area contributed by atoms with Crippen LogP contribution in [0, 0.1) is 5.92 Å². The van der Waals surface area contributed by atoms with Gasteiger partial charge in [0.1, 0.15) is 0 Å². The quantitative estimate of drug-likeness (QED) is 0.654. The predicted octanol–water partition coefficient (Wildman–Crippen LogP) is 4.62. The summed E-state index contributed by atoms with van der Waals surface area (Å²) in [5.41, 5.74) is 4.86. The average Bonchev–Trinajstić information content (AvgIpc) is 3.26. The summed E-state index contributed by atoms with van der Waals surface area (Å²) in [5, 5.41) is 0. The van der Waals surface area contributed by atoms with Gasteiger partial charge in [0.25, 0.3) is 0 Å². The standard InChI is InChI=1S/C23H26N4O/c1-16(2)23(28)27(20-5-3-4-6-20)15-19-13-18(9-10-24-19)17-7-8-21-22(14-17)26-12-11-25-21/h7-14,16,20H,3-6,15H2,1-2H3. The molecule has 0 aliphatic heterocycles. The van der Waals surface area contributed by atoms with Gasteiger partial charge in [0.05, 0.1) is 23.3 Å². The van der Waals surface area contributed by atoms with E-state index in [1.54, 1.807) is 12.4 Å². The third kappa shape index (κ3) is 3.88. The van der Waals surface area contributed by atoms with Gasteiger partial charge in [-0.2, -0.15) is 0 Å². The minimum Gasteiger partial charge on any atom is -0.334 e. The summed E-state index contributed by atoms with van der Waals surface area (Å²) in [5.74, 6) is 0.225. The van der Waals surface area contributed by atoms with Crippen LogP contribution in [0.3, 0.4) is 0 Å². The number of hydrogen-bond acceptors (Lipinski definition) is 4. The van der Waals surface area contributed by atoms with E-state index in [-0.39, 0.29) is 11.8 Å². The lowest BCUT2D eigenvalue weighted by Crippen LogP contribution is -2.40. The average molecular weight is 374 g/mol. The van der Waals surface area contributed by atoms with Crippen molar-refractivity contribution in [3.63, 3.8) is 0 Å². The summed E-state index contributed by atoms with van der Waals surface area (Å²) in [7, 11) is 0. The molecule has 1 fully saturated rings. The Morgan fingerprint density at radius 2 is 1.68 bits per heavy atom. The number of aromatic nitrogens is 3. The van der Waals surface area contributed by atoms with Crippen LogP contribution in [-0.2, 0) is 11.3 Å². The topological polar surface area (TPSA) is 59.0 Å². The molecule has 0 bridgehead atoms. The molecule has 2 aromatic heterocycles. The van der Waals surface area contributed by atoms with Crippen molar-refractivity contribution in [3.05, 3.63) is 54.6 Å². The maximum absolute atomic E-state index is 12.8. The van der Waals surface area contributed by atoms with Gasteiger partial charge in [-0.3, -0.25) is 19.7 Å². The maximum atomic E-state index is 12.8. The fourth-order valence-corrected chi connectivity index (χ4v) is 4.00. The smallest absolute Gasteiger partial charge is 0.225 e. The highest BCUT2D eigenvalue weighted by atomic mass is 16.2. The molecular weight excluding hydrogens is 348 g/mol. The van der Waals surface area contributed by atoms with Crippen LogP contribution in [0.4, 0.5) is 0 Å². The highest BCUT2D eigenvalue weighted by molar-refractivity contribution is 5.81. The predicted molar refractivity (Wildman–Crippen MR) is 110 cm³/mol. The Morgan fingerprint density at radius 1 is 0.964 bits per heavy atom. The number of nitrogens with zero attached hydrogens (tertiary/aromatic N) is 4. The molecule has 1 aliphatic rings. The number of amides is 1. The molecule has 0 unspecified atom stereocenters. The van der Waals surface area contributed by atoms with Crippen molar-refractivity contribution in [2.24, 2.45) is 5.92 Å². The number of rotatable bonds is 5. The molecule has 1 saturated carbocycles. The van der Waals surface area contributed by atoms with Crippen LogP contribution >= 0.6 is 0 Å². The fourth-order valence-electron chi connectivity index (χ4n) is 4.00. The normalized spacial score (nSPS) is 14.7. The number of benzene rings is 1. The van der Waals surface area contributed by atoms with Gasteiger partial charge in [-0.1, -0.05) is 32.8 Å². The lowest BCUT2D eigenvalue weighted by molar-refractivity contribution is -0.137. The van der Waals surface area contributed by atoms with Crippen LogP contribution in [0.2, 0.25) is 0 Å². The Balaban J connectivity index is 1.62. The zero-order valence-corrected chi connectivity index (χ0v) is 16.5. The Bertz CT molecular complexity index is 979. The van der Waals surface area contributed by atoms with Gasteiger partial charge in [0.2, 0.25) is 5.91 Å². The highest BCUT2D eigenvalue weighted by Crippen LogP contribution is 2.27. The second-order valence-electron chi connectivity index (χ2n) is 7.85. The third-order valence-corrected chi connectivity index (χ3v) is 5.49. The molecule has 1 aliphatic carbocycles. The molecule has 28 heavy (non-hydrogen) atoms.